The van der Waals surface area contributed by atoms with Crippen LogP contribution >= 0.6 is 11.6 Å². The molecule has 0 bridgehead atoms. The molecule has 0 aliphatic carbocycles. The fourth-order valence-electron chi connectivity index (χ4n) is 3.37. The van der Waals surface area contributed by atoms with Crippen molar-refractivity contribution in [2.75, 3.05) is 24.7 Å². The largest absolute Gasteiger partial charge is 0.444 e. The van der Waals surface area contributed by atoms with Gasteiger partial charge in [0.05, 0.1) is 9.92 Å². The van der Waals surface area contributed by atoms with E-state index in [1.807, 2.05) is 20.8 Å². The number of hydrogen-bond donors (Lipinski definition) is 1. The lowest BCUT2D eigenvalue weighted by Gasteiger charge is -2.24. The zero-order valence-electron chi connectivity index (χ0n) is 17.9. The van der Waals surface area contributed by atoms with E-state index >= 15 is 0 Å². The Morgan fingerprint density at radius 2 is 1.94 bits per heavy atom. The van der Waals surface area contributed by atoms with E-state index in [1.54, 1.807) is 23.1 Å². The molecule has 31 heavy (non-hydrogen) atoms. The number of carbonyl (C=O) groups excluding carboxylic acids is 1. The van der Waals surface area contributed by atoms with Gasteiger partial charge >= 0.3 is 6.09 Å². The molecule has 1 N–H and O–H groups in total. The van der Waals surface area contributed by atoms with Gasteiger partial charge in [0, 0.05) is 36.6 Å². The first-order valence-corrected chi connectivity index (χ1v) is 12.1. The summed E-state index contributed by atoms with van der Waals surface area (Å²) >= 11 is 5.95. The van der Waals surface area contributed by atoms with Gasteiger partial charge in [-0.3, -0.25) is 0 Å². The number of nitrogens with zero attached hydrogens (tertiary/aromatic N) is 1. The number of benzene rings is 2. The van der Waals surface area contributed by atoms with Crippen molar-refractivity contribution >= 4 is 33.2 Å². The maximum Gasteiger partial charge on any atom is 0.410 e. The van der Waals surface area contributed by atoms with Gasteiger partial charge in [-0.05, 0) is 63.1 Å². The minimum absolute atomic E-state index is 0.0497. The summed E-state index contributed by atoms with van der Waals surface area (Å²) < 4.78 is 43.2. The van der Waals surface area contributed by atoms with Crippen molar-refractivity contribution in [2.24, 2.45) is 0 Å². The number of carbonyl (C=O) groups is 1. The SMILES string of the molecule is CC(C)(C)OC(=O)N1CC[C@H](Nc2ccc(S(C)(=O)=O)cc2-c2ccc(F)c(Cl)c2)C1. The molecule has 1 amide bonds. The van der Waals surface area contributed by atoms with Crippen LogP contribution in [0.15, 0.2) is 41.3 Å². The zero-order valence-corrected chi connectivity index (χ0v) is 19.5. The van der Waals surface area contributed by atoms with Crippen LogP contribution in [-0.4, -0.2) is 50.4 Å². The summed E-state index contributed by atoms with van der Waals surface area (Å²) in [5, 5.41) is 3.34. The highest BCUT2D eigenvalue weighted by Crippen LogP contribution is 2.34. The van der Waals surface area contributed by atoms with Crippen molar-refractivity contribution in [3.05, 3.63) is 47.2 Å². The second-order valence-electron chi connectivity index (χ2n) is 8.66. The molecule has 1 aliphatic rings. The Kier molecular flexibility index (Phi) is 6.53. The van der Waals surface area contributed by atoms with Crippen molar-refractivity contribution in [3.8, 4) is 11.1 Å². The molecule has 3 rings (SSSR count). The van der Waals surface area contributed by atoms with Crippen LogP contribution in [0.3, 0.4) is 0 Å². The van der Waals surface area contributed by atoms with E-state index < -0.39 is 21.3 Å². The number of rotatable bonds is 4. The molecule has 6 nitrogen and oxygen atoms in total. The van der Waals surface area contributed by atoms with Crippen LogP contribution in [0.4, 0.5) is 14.9 Å². The van der Waals surface area contributed by atoms with Gasteiger partial charge < -0.3 is 15.0 Å². The van der Waals surface area contributed by atoms with E-state index in [0.717, 1.165) is 6.26 Å². The first-order valence-electron chi connectivity index (χ1n) is 9.87. The molecule has 0 saturated carbocycles. The molecular formula is C22H26ClFN2O4S. The van der Waals surface area contributed by atoms with Gasteiger partial charge in [-0.15, -0.1) is 0 Å². The first kappa shape index (κ1) is 23.3. The molecule has 1 fully saturated rings. The third-order valence-corrected chi connectivity index (χ3v) is 6.25. The summed E-state index contributed by atoms with van der Waals surface area (Å²) in [6.45, 7) is 6.46. The highest BCUT2D eigenvalue weighted by atomic mass is 35.5. The lowest BCUT2D eigenvalue weighted by molar-refractivity contribution is 0.0293. The Labute approximate surface area is 187 Å². The molecule has 168 valence electrons. The average molecular weight is 469 g/mol. The molecule has 2 aromatic carbocycles. The number of hydrogen-bond acceptors (Lipinski definition) is 5. The van der Waals surface area contributed by atoms with Gasteiger partial charge in [0.25, 0.3) is 0 Å². The molecule has 9 heteroatoms. The van der Waals surface area contributed by atoms with Gasteiger partial charge in [0.2, 0.25) is 0 Å². The maximum absolute atomic E-state index is 13.7. The predicted octanol–water partition coefficient (Wildman–Crippen LogP) is 4.97. The van der Waals surface area contributed by atoms with Crippen molar-refractivity contribution in [2.45, 2.75) is 43.7 Å². The minimum atomic E-state index is -3.44. The number of anilines is 1. The summed E-state index contributed by atoms with van der Waals surface area (Å²) in [4.78, 5) is 14.1. The van der Waals surface area contributed by atoms with Crippen molar-refractivity contribution in [3.63, 3.8) is 0 Å². The van der Waals surface area contributed by atoms with E-state index in [9.17, 15) is 17.6 Å². The predicted molar refractivity (Wildman–Crippen MR) is 120 cm³/mol. The smallest absolute Gasteiger partial charge is 0.410 e. The summed E-state index contributed by atoms with van der Waals surface area (Å²) in [6.07, 6.45) is 1.47. The van der Waals surface area contributed by atoms with Crippen LogP contribution in [0.2, 0.25) is 5.02 Å². The van der Waals surface area contributed by atoms with Crippen LogP contribution in [0.25, 0.3) is 11.1 Å². The fraction of sp³-hybridized carbons (Fsp3) is 0.409. The van der Waals surface area contributed by atoms with Crippen LogP contribution in [0.1, 0.15) is 27.2 Å². The Morgan fingerprint density at radius 1 is 1.23 bits per heavy atom. The van der Waals surface area contributed by atoms with E-state index in [-0.39, 0.29) is 22.1 Å². The lowest BCUT2D eigenvalue weighted by Crippen LogP contribution is -2.36. The van der Waals surface area contributed by atoms with Crippen molar-refractivity contribution < 1.29 is 22.3 Å². The van der Waals surface area contributed by atoms with E-state index in [4.69, 9.17) is 16.3 Å². The molecule has 2 aromatic rings. The second-order valence-corrected chi connectivity index (χ2v) is 11.1. The molecule has 1 atom stereocenters. The topological polar surface area (TPSA) is 75.7 Å². The first-order chi connectivity index (χ1) is 14.3. The van der Waals surface area contributed by atoms with E-state index in [2.05, 4.69) is 5.32 Å². The summed E-state index contributed by atoms with van der Waals surface area (Å²) in [5.74, 6) is -0.553. The van der Waals surface area contributed by atoms with Crippen molar-refractivity contribution in [1.82, 2.24) is 4.90 Å². The summed E-state index contributed by atoms with van der Waals surface area (Å²) in [5.41, 5.74) is 1.27. The molecule has 0 spiro atoms. The van der Waals surface area contributed by atoms with Crippen LogP contribution in [-0.2, 0) is 14.6 Å². The Hall–Kier alpha value is -2.32. The Morgan fingerprint density at radius 3 is 2.55 bits per heavy atom. The number of likely N-dealkylation sites (tertiary alicyclic amines) is 1. The van der Waals surface area contributed by atoms with Gasteiger partial charge in [-0.1, -0.05) is 17.7 Å². The maximum atomic E-state index is 13.7. The highest BCUT2D eigenvalue weighted by molar-refractivity contribution is 7.90. The van der Waals surface area contributed by atoms with E-state index in [0.29, 0.717) is 36.3 Å². The lowest BCUT2D eigenvalue weighted by atomic mass is 10.0. The number of sulfone groups is 1. The van der Waals surface area contributed by atoms with Gasteiger partial charge in [0.1, 0.15) is 11.4 Å². The van der Waals surface area contributed by atoms with Crippen LogP contribution in [0.5, 0.6) is 0 Å². The molecule has 1 aliphatic heterocycles. The minimum Gasteiger partial charge on any atom is -0.444 e. The van der Waals surface area contributed by atoms with Crippen LogP contribution < -0.4 is 5.32 Å². The standard InChI is InChI=1S/C22H26ClFN2O4S/c1-22(2,3)30-21(27)26-10-9-15(13-26)25-20-8-6-16(31(4,28)29)12-17(20)14-5-7-19(24)18(23)11-14/h5-8,11-12,15,25H,9-10,13H2,1-4H3/t15-/m0/s1. The molecule has 0 radical (unpaired) electrons. The second kappa shape index (κ2) is 8.67. The van der Waals surface area contributed by atoms with Gasteiger partial charge in [-0.25, -0.2) is 17.6 Å². The Bertz CT molecular complexity index is 1100. The molecular weight excluding hydrogens is 443 g/mol. The van der Waals surface area contributed by atoms with Gasteiger partial charge in [0.15, 0.2) is 9.84 Å². The molecule has 0 unspecified atom stereocenters. The number of amides is 1. The van der Waals surface area contributed by atoms with Crippen molar-refractivity contribution in [1.29, 1.82) is 0 Å². The summed E-state index contributed by atoms with van der Waals surface area (Å²) in [7, 11) is -3.44. The third-order valence-electron chi connectivity index (χ3n) is 4.85. The van der Waals surface area contributed by atoms with E-state index in [1.165, 1.54) is 18.2 Å². The average Bonchev–Trinajstić information content (AvgIpc) is 3.11. The number of nitrogens with one attached hydrogen (secondary N) is 1. The normalized spacial score (nSPS) is 17.0. The number of ether oxygens (including phenoxy) is 1. The summed E-state index contributed by atoms with van der Waals surface area (Å²) in [6, 6.07) is 8.95. The van der Waals surface area contributed by atoms with Gasteiger partial charge in [-0.2, -0.15) is 0 Å². The monoisotopic (exact) mass is 468 g/mol. The highest BCUT2D eigenvalue weighted by Gasteiger charge is 2.30. The Balaban J connectivity index is 1.87. The number of halogens is 2. The zero-order chi connectivity index (χ0) is 23.0. The third kappa shape index (κ3) is 5.89. The molecule has 1 heterocycles. The fourth-order valence-corrected chi connectivity index (χ4v) is 4.20. The molecule has 0 aromatic heterocycles. The quantitative estimate of drug-likeness (QED) is 0.685. The molecule has 1 saturated heterocycles. The van der Waals surface area contributed by atoms with Crippen LogP contribution in [0, 0.1) is 5.82 Å².